The van der Waals surface area contributed by atoms with Gasteiger partial charge in [0.1, 0.15) is 36.3 Å². The number of rotatable bonds is 24. The first kappa shape index (κ1) is 49.1. The van der Waals surface area contributed by atoms with Crippen LogP contribution in [0, 0.1) is 17.8 Å². The van der Waals surface area contributed by atoms with Crippen LogP contribution in [0.4, 0.5) is 0 Å². The van der Waals surface area contributed by atoms with Gasteiger partial charge in [0.15, 0.2) is 0 Å². The van der Waals surface area contributed by atoms with Crippen molar-refractivity contribution in [3.63, 3.8) is 0 Å². The van der Waals surface area contributed by atoms with Crippen molar-refractivity contribution in [3.8, 4) is 0 Å². The highest BCUT2D eigenvalue weighted by Crippen LogP contribution is 2.21. The molecule has 0 saturated heterocycles. The van der Waals surface area contributed by atoms with Gasteiger partial charge in [0.05, 0.1) is 6.42 Å². The summed E-state index contributed by atoms with van der Waals surface area (Å²) in [7, 11) is 0. The first-order chi connectivity index (χ1) is 27.6. The van der Waals surface area contributed by atoms with Gasteiger partial charge in [-0.3, -0.25) is 48.4 Å². The van der Waals surface area contributed by atoms with Crippen LogP contribution in [0.25, 0.3) is 10.9 Å². The zero-order chi connectivity index (χ0) is 44.7. The molecule has 0 aliphatic carbocycles. The molecule has 2 aromatic rings. The van der Waals surface area contributed by atoms with E-state index >= 15 is 0 Å². The van der Waals surface area contributed by atoms with Crippen LogP contribution < -0.4 is 43.8 Å². The van der Waals surface area contributed by atoms with Crippen LogP contribution in [-0.4, -0.2) is 105 Å². The van der Waals surface area contributed by atoms with Crippen LogP contribution in [0.15, 0.2) is 30.5 Å². The fourth-order valence-electron chi connectivity index (χ4n) is 6.27. The fourth-order valence-corrected chi connectivity index (χ4v) is 6.27. The summed E-state index contributed by atoms with van der Waals surface area (Å²) in [6, 6.07) is -1.47. The highest BCUT2D eigenvalue weighted by atomic mass is 16.5. The Morgan fingerprint density at radius 1 is 0.712 bits per heavy atom. The van der Waals surface area contributed by atoms with Crippen molar-refractivity contribution in [2.75, 3.05) is 0 Å². The number of nitrogens with one attached hydrogen (secondary N) is 6. The van der Waals surface area contributed by atoms with Crippen LogP contribution in [0.1, 0.15) is 86.1 Å². The number of aromatic amines is 1. The van der Waals surface area contributed by atoms with Crippen molar-refractivity contribution in [1.82, 2.24) is 36.6 Å². The number of benzene rings is 1. The van der Waals surface area contributed by atoms with Gasteiger partial charge >= 0.3 is 0 Å². The smallest absolute Gasteiger partial charge is 0.269 e. The van der Waals surface area contributed by atoms with Gasteiger partial charge < -0.3 is 48.8 Å². The Labute approximate surface area is 342 Å². The maximum Gasteiger partial charge on any atom is 0.269 e. The number of nitrogens with zero attached hydrogens (tertiary/aromatic N) is 1. The Balaban J connectivity index is 2.58. The lowest BCUT2D eigenvalue weighted by atomic mass is 9.94. The summed E-state index contributed by atoms with van der Waals surface area (Å²) < 4.78 is 0. The Kier molecular flexibility index (Phi) is 19.0. The van der Waals surface area contributed by atoms with E-state index in [1.165, 1.54) is 6.92 Å². The van der Waals surface area contributed by atoms with Crippen LogP contribution in [0.2, 0.25) is 0 Å². The van der Waals surface area contributed by atoms with Gasteiger partial charge in [-0.2, -0.15) is 0 Å². The number of primary amides is 3. The molecule has 2 rings (SSSR count). The second-order valence-corrected chi connectivity index (χ2v) is 15.1. The quantitative estimate of drug-likeness (QED) is 0.0460. The molecule has 9 amide bonds. The Hall–Kier alpha value is -6.05. The first-order valence-electron chi connectivity index (χ1n) is 19.5. The van der Waals surface area contributed by atoms with Crippen LogP contribution >= 0.6 is 0 Å². The molecule has 0 saturated carbocycles. The number of carbonyl (C=O) groups is 9. The summed E-state index contributed by atoms with van der Waals surface area (Å²) in [5, 5.41) is 25.0. The lowest BCUT2D eigenvalue weighted by Gasteiger charge is -2.32. The second-order valence-electron chi connectivity index (χ2n) is 15.1. The summed E-state index contributed by atoms with van der Waals surface area (Å²) in [5.74, 6) is -9.49. The monoisotopic (exact) mass is 828 g/mol. The summed E-state index contributed by atoms with van der Waals surface area (Å²) >= 11 is 0. The molecule has 0 aliphatic rings. The Morgan fingerprint density at radius 3 is 1.76 bits per heavy atom. The molecule has 1 aromatic heterocycles. The molecule has 0 fully saturated rings. The molecule has 0 bridgehead atoms. The molecular formula is C39H60N10O10. The normalized spacial score (nSPS) is 15.3. The molecule has 0 radical (unpaired) electrons. The van der Waals surface area contributed by atoms with Crippen LogP contribution in [0.3, 0.4) is 0 Å². The van der Waals surface area contributed by atoms with Crippen molar-refractivity contribution >= 4 is 64.1 Å². The third-order valence-corrected chi connectivity index (χ3v) is 10.2. The van der Waals surface area contributed by atoms with Gasteiger partial charge in [0.2, 0.25) is 47.3 Å². The largest absolute Gasteiger partial charge is 0.370 e. The zero-order valence-electron chi connectivity index (χ0n) is 34.6. The molecule has 8 atom stereocenters. The van der Waals surface area contributed by atoms with E-state index in [0.29, 0.717) is 29.3 Å². The molecule has 13 N–H and O–H groups in total. The molecule has 59 heavy (non-hydrogen) atoms. The number of carbonyl (C=O) groups excluding carboxylic acids is 9. The highest BCUT2D eigenvalue weighted by molar-refractivity contribution is 5.98. The van der Waals surface area contributed by atoms with Gasteiger partial charge in [-0.15, -0.1) is 0 Å². The van der Waals surface area contributed by atoms with Crippen molar-refractivity contribution in [1.29, 1.82) is 0 Å². The SMILES string of the molecule is CCC(C)[C@H](NC(C)=O)C(=O)N[C@H](C(=O)N[C@@H](Cc1c[nH]c2ccccc12)C(=O)N(O)[C@@H](CCC(N)=O)C(=O)N[C@H](C(=O)N[C@@H](CC(N)=O)C(N)=O)C(C)C)C(C)CC. The lowest BCUT2D eigenvalue weighted by molar-refractivity contribution is -0.183. The number of para-hydroxylation sites is 1. The maximum absolute atomic E-state index is 14.4. The number of aromatic nitrogens is 1. The van der Waals surface area contributed by atoms with E-state index in [1.807, 2.05) is 6.92 Å². The van der Waals surface area contributed by atoms with Crippen molar-refractivity contribution < 1.29 is 48.4 Å². The minimum atomic E-state index is -1.86. The number of hydroxylamine groups is 2. The third-order valence-electron chi connectivity index (χ3n) is 10.2. The van der Waals surface area contributed by atoms with Crippen LogP contribution in [0.5, 0.6) is 0 Å². The molecule has 0 spiro atoms. The summed E-state index contributed by atoms with van der Waals surface area (Å²) in [6.45, 7) is 11.5. The van der Waals surface area contributed by atoms with E-state index in [-0.39, 0.29) is 17.4 Å². The average Bonchev–Trinajstić information content (AvgIpc) is 3.58. The standard InChI is InChI=1S/C39H60N10O10/c1-8-20(5)32(44-22(7)50)38(57)48-33(21(6)9-2)37(56)46-27(16-23-18-43-25-13-11-10-12-24(23)25)39(58)49(59)28(14-15-29(40)51)35(54)47-31(19(3)4)36(55)45-26(34(42)53)17-30(41)52/h10-13,18-21,26-28,31-33,43,59H,8-9,14-17H2,1-7H3,(H2,40,51)(H2,41,52)(H2,42,53)(H,44,50)(H,45,55)(H,46,56)(H,47,54)(H,48,57)/t20?,21?,26-,27-,28-,31-,32-,33-/m0/s1. The van der Waals surface area contributed by atoms with Gasteiger partial charge in [0.25, 0.3) is 5.91 Å². The van der Waals surface area contributed by atoms with E-state index < -0.39 is 121 Å². The van der Waals surface area contributed by atoms with Gasteiger partial charge in [0, 0.05) is 36.9 Å². The van der Waals surface area contributed by atoms with E-state index in [2.05, 4.69) is 31.6 Å². The van der Waals surface area contributed by atoms with Gasteiger partial charge in [-0.1, -0.05) is 72.6 Å². The number of amides is 9. The van der Waals surface area contributed by atoms with E-state index in [4.69, 9.17) is 17.2 Å². The number of hydrogen-bond acceptors (Lipinski definition) is 10. The molecule has 1 aromatic carbocycles. The number of fused-ring (bicyclic) bond motifs is 1. The second kappa shape index (κ2) is 22.8. The topological polar surface area (TPSA) is 331 Å². The van der Waals surface area contributed by atoms with E-state index in [9.17, 15) is 48.4 Å². The number of H-pyrrole nitrogens is 1. The molecule has 20 heteroatoms. The molecule has 2 unspecified atom stereocenters. The van der Waals surface area contributed by atoms with Gasteiger partial charge in [-0.05, 0) is 35.8 Å². The zero-order valence-corrected chi connectivity index (χ0v) is 34.6. The van der Waals surface area contributed by atoms with Crippen LogP contribution in [-0.2, 0) is 49.6 Å². The highest BCUT2D eigenvalue weighted by Gasteiger charge is 2.39. The molecule has 0 aliphatic heterocycles. The number of hydrogen-bond donors (Lipinski definition) is 10. The minimum Gasteiger partial charge on any atom is -0.370 e. The minimum absolute atomic E-state index is 0.0548. The molecule has 20 nitrogen and oxygen atoms in total. The van der Waals surface area contributed by atoms with Crippen molar-refractivity contribution in [3.05, 3.63) is 36.0 Å². The van der Waals surface area contributed by atoms with Crippen molar-refractivity contribution in [2.24, 2.45) is 35.0 Å². The maximum atomic E-state index is 14.4. The fraction of sp³-hybridized carbons (Fsp3) is 0.564. The van der Waals surface area contributed by atoms with E-state index in [0.717, 1.165) is 0 Å². The molecule has 1 heterocycles. The summed E-state index contributed by atoms with van der Waals surface area (Å²) in [4.78, 5) is 120. The predicted octanol–water partition coefficient (Wildman–Crippen LogP) is -0.885. The Bertz CT molecular complexity index is 1850. The average molecular weight is 829 g/mol. The lowest BCUT2D eigenvalue weighted by Crippen LogP contribution is -2.62. The molecular weight excluding hydrogens is 768 g/mol. The molecule has 326 valence electrons. The summed E-state index contributed by atoms with van der Waals surface area (Å²) in [6.07, 6.45) is 0.655. The van der Waals surface area contributed by atoms with Crippen molar-refractivity contribution in [2.45, 2.75) is 123 Å². The van der Waals surface area contributed by atoms with E-state index in [1.54, 1.807) is 65.1 Å². The number of nitrogens with two attached hydrogens (primary N) is 3. The predicted molar refractivity (Wildman–Crippen MR) is 215 cm³/mol. The Morgan fingerprint density at radius 2 is 1.24 bits per heavy atom. The summed E-state index contributed by atoms with van der Waals surface area (Å²) in [5.41, 5.74) is 17.1. The third kappa shape index (κ3) is 14.4. The van der Waals surface area contributed by atoms with Gasteiger partial charge in [-0.25, -0.2) is 5.06 Å². The first-order valence-corrected chi connectivity index (χ1v) is 19.5.